The second-order valence-electron chi connectivity index (χ2n) is 6.52. The molecular weight excluding hydrogens is 322 g/mol. The van der Waals surface area contributed by atoms with Gasteiger partial charge in [-0.05, 0) is 44.1 Å². The lowest BCUT2D eigenvalue weighted by atomic mass is 10.0. The van der Waals surface area contributed by atoms with E-state index in [1.165, 1.54) is 12.8 Å². The fourth-order valence-corrected chi connectivity index (χ4v) is 3.86. The maximum atomic E-state index is 12.9. The van der Waals surface area contributed by atoms with Gasteiger partial charge in [0, 0.05) is 30.4 Å². The lowest BCUT2D eigenvalue weighted by molar-refractivity contribution is 0.0610. The Morgan fingerprint density at radius 3 is 2.88 bits per heavy atom. The topological polar surface area (TPSA) is 55.3 Å². The average Bonchev–Trinajstić information content (AvgIpc) is 3.31. The Balaban J connectivity index is 1.46. The van der Waals surface area contributed by atoms with Crippen LogP contribution in [0.5, 0.6) is 5.88 Å². The van der Waals surface area contributed by atoms with E-state index in [1.54, 1.807) is 23.6 Å². The van der Waals surface area contributed by atoms with Crippen LogP contribution >= 0.6 is 11.3 Å². The minimum Gasteiger partial charge on any atom is -0.477 e. The highest BCUT2D eigenvalue weighted by Crippen LogP contribution is 2.33. The lowest BCUT2D eigenvalue weighted by Gasteiger charge is -2.34. The van der Waals surface area contributed by atoms with E-state index < -0.39 is 0 Å². The molecule has 2 aromatic heterocycles. The molecule has 0 N–H and O–H groups in total. The van der Waals surface area contributed by atoms with Gasteiger partial charge in [0.1, 0.15) is 5.01 Å². The van der Waals surface area contributed by atoms with Gasteiger partial charge in [-0.25, -0.2) is 9.97 Å². The van der Waals surface area contributed by atoms with Gasteiger partial charge in [0.2, 0.25) is 5.88 Å². The van der Waals surface area contributed by atoms with Crippen LogP contribution in [0.15, 0.2) is 29.9 Å². The normalized spacial score (nSPS) is 20.8. The monoisotopic (exact) mass is 343 g/mol. The molecule has 1 atom stereocenters. The highest BCUT2D eigenvalue weighted by atomic mass is 32.1. The van der Waals surface area contributed by atoms with E-state index in [-0.39, 0.29) is 11.9 Å². The standard InChI is InChI=1S/C18H21N3O2S/c22-18(14-6-7-16(20-11-14)23-12-13-4-5-13)21-9-2-1-3-15(21)17-19-8-10-24-17/h6-8,10-11,13,15H,1-5,9,12H2/t15-/m1/s1. The molecule has 3 heterocycles. The van der Waals surface area contributed by atoms with Crippen LogP contribution in [0.3, 0.4) is 0 Å². The van der Waals surface area contributed by atoms with Crippen LogP contribution in [-0.4, -0.2) is 33.9 Å². The van der Waals surface area contributed by atoms with Crippen molar-refractivity contribution in [3.63, 3.8) is 0 Å². The number of thiazole rings is 1. The summed E-state index contributed by atoms with van der Waals surface area (Å²) < 4.78 is 5.65. The first kappa shape index (κ1) is 15.6. The number of likely N-dealkylation sites (tertiary alicyclic amines) is 1. The number of rotatable bonds is 5. The van der Waals surface area contributed by atoms with E-state index in [2.05, 4.69) is 9.97 Å². The molecule has 2 aliphatic rings. The van der Waals surface area contributed by atoms with Crippen LogP contribution in [0.2, 0.25) is 0 Å². The Bertz CT molecular complexity index is 683. The summed E-state index contributed by atoms with van der Waals surface area (Å²) in [6, 6.07) is 3.72. The highest BCUT2D eigenvalue weighted by Gasteiger charge is 2.30. The van der Waals surface area contributed by atoms with Crippen molar-refractivity contribution < 1.29 is 9.53 Å². The van der Waals surface area contributed by atoms with Crippen molar-refractivity contribution in [2.45, 2.75) is 38.1 Å². The first-order valence-corrected chi connectivity index (χ1v) is 9.48. The second-order valence-corrected chi connectivity index (χ2v) is 7.45. The first-order chi connectivity index (χ1) is 11.8. The van der Waals surface area contributed by atoms with E-state index in [0.29, 0.717) is 17.4 Å². The minimum atomic E-state index is 0.0381. The van der Waals surface area contributed by atoms with E-state index in [4.69, 9.17) is 4.74 Å². The average molecular weight is 343 g/mol. The van der Waals surface area contributed by atoms with Crippen molar-refractivity contribution in [2.24, 2.45) is 5.92 Å². The van der Waals surface area contributed by atoms with E-state index in [0.717, 1.165) is 37.4 Å². The van der Waals surface area contributed by atoms with Gasteiger partial charge in [-0.15, -0.1) is 11.3 Å². The fraction of sp³-hybridized carbons (Fsp3) is 0.500. The predicted octanol–water partition coefficient (Wildman–Crippen LogP) is 3.69. The fourth-order valence-electron chi connectivity index (χ4n) is 3.08. The number of pyridine rings is 1. The number of nitrogens with zero attached hydrogens (tertiary/aromatic N) is 3. The Labute approximate surface area is 145 Å². The van der Waals surface area contributed by atoms with Gasteiger partial charge < -0.3 is 9.64 Å². The summed E-state index contributed by atoms with van der Waals surface area (Å²) in [4.78, 5) is 23.6. The summed E-state index contributed by atoms with van der Waals surface area (Å²) in [5.74, 6) is 1.34. The molecule has 1 aliphatic heterocycles. The summed E-state index contributed by atoms with van der Waals surface area (Å²) in [5, 5.41) is 3.00. The largest absolute Gasteiger partial charge is 0.477 e. The number of hydrogen-bond donors (Lipinski definition) is 0. The van der Waals surface area contributed by atoms with Gasteiger partial charge in [-0.3, -0.25) is 4.79 Å². The number of carbonyl (C=O) groups excluding carboxylic acids is 1. The van der Waals surface area contributed by atoms with Crippen molar-refractivity contribution >= 4 is 17.2 Å². The Morgan fingerprint density at radius 2 is 2.17 bits per heavy atom. The van der Waals surface area contributed by atoms with Crippen LogP contribution < -0.4 is 4.74 Å². The predicted molar refractivity (Wildman–Crippen MR) is 92.2 cm³/mol. The molecule has 4 rings (SSSR count). The molecule has 0 aromatic carbocycles. The Hall–Kier alpha value is -1.95. The van der Waals surface area contributed by atoms with Gasteiger partial charge in [-0.1, -0.05) is 0 Å². The van der Waals surface area contributed by atoms with Crippen molar-refractivity contribution in [1.29, 1.82) is 0 Å². The maximum Gasteiger partial charge on any atom is 0.256 e. The van der Waals surface area contributed by atoms with Crippen LogP contribution in [0.1, 0.15) is 53.5 Å². The Morgan fingerprint density at radius 1 is 1.25 bits per heavy atom. The summed E-state index contributed by atoms with van der Waals surface area (Å²) >= 11 is 1.62. The second kappa shape index (κ2) is 6.89. The SMILES string of the molecule is O=C(c1ccc(OCC2CC2)nc1)N1CCCC[C@@H]1c1nccs1. The summed E-state index contributed by atoms with van der Waals surface area (Å²) in [7, 11) is 0. The smallest absolute Gasteiger partial charge is 0.256 e. The zero-order valence-electron chi connectivity index (χ0n) is 13.6. The molecule has 1 amide bonds. The van der Waals surface area contributed by atoms with Crippen LogP contribution in [0.25, 0.3) is 0 Å². The number of ether oxygens (including phenoxy) is 1. The molecule has 1 aliphatic carbocycles. The van der Waals surface area contributed by atoms with Gasteiger partial charge in [0.25, 0.3) is 5.91 Å². The van der Waals surface area contributed by atoms with Gasteiger partial charge >= 0.3 is 0 Å². The number of piperidine rings is 1. The quantitative estimate of drug-likeness (QED) is 0.831. The van der Waals surface area contributed by atoms with Gasteiger partial charge in [-0.2, -0.15) is 0 Å². The molecule has 2 fully saturated rings. The molecule has 6 heteroatoms. The van der Waals surface area contributed by atoms with E-state index in [9.17, 15) is 4.79 Å². The van der Waals surface area contributed by atoms with Crippen molar-refractivity contribution in [3.8, 4) is 5.88 Å². The molecule has 0 unspecified atom stereocenters. The summed E-state index contributed by atoms with van der Waals surface area (Å²) in [6.45, 7) is 1.52. The Kier molecular flexibility index (Phi) is 4.47. The molecule has 1 saturated heterocycles. The number of hydrogen-bond acceptors (Lipinski definition) is 5. The molecule has 0 bridgehead atoms. The molecule has 5 nitrogen and oxygen atoms in total. The maximum absolute atomic E-state index is 12.9. The highest BCUT2D eigenvalue weighted by molar-refractivity contribution is 7.09. The lowest BCUT2D eigenvalue weighted by Crippen LogP contribution is -2.38. The molecule has 2 aromatic rings. The number of aromatic nitrogens is 2. The molecule has 1 saturated carbocycles. The third kappa shape index (κ3) is 3.43. The third-order valence-electron chi connectivity index (χ3n) is 4.65. The zero-order valence-corrected chi connectivity index (χ0v) is 14.4. The molecule has 24 heavy (non-hydrogen) atoms. The van der Waals surface area contributed by atoms with E-state index in [1.807, 2.05) is 22.5 Å². The van der Waals surface area contributed by atoms with Crippen LogP contribution in [-0.2, 0) is 0 Å². The first-order valence-electron chi connectivity index (χ1n) is 8.60. The van der Waals surface area contributed by atoms with Gasteiger partial charge in [0.15, 0.2) is 0 Å². The number of amides is 1. The van der Waals surface area contributed by atoms with Gasteiger partial charge in [0.05, 0.1) is 18.2 Å². The van der Waals surface area contributed by atoms with Crippen LogP contribution in [0.4, 0.5) is 0 Å². The molecular formula is C18H21N3O2S. The summed E-state index contributed by atoms with van der Waals surface area (Å²) in [6.07, 6.45) is 9.12. The van der Waals surface area contributed by atoms with Crippen LogP contribution in [0, 0.1) is 5.92 Å². The summed E-state index contributed by atoms with van der Waals surface area (Å²) in [5.41, 5.74) is 0.622. The van der Waals surface area contributed by atoms with Crippen molar-refractivity contribution in [1.82, 2.24) is 14.9 Å². The zero-order chi connectivity index (χ0) is 16.4. The van der Waals surface area contributed by atoms with E-state index >= 15 is 0 Å². The molecule has 0 spiro atoms. The number of carbonyl (C=O) groups is 1. The van der Waals surface area contributed by atoms with Crippen molar-refractivity contribution in [2.75, 3.05) is 13.2 Å². The third-order valence-corrected chi connectivity index (χ3v) is 5.52. The molecule has 126 valence electrons. The minimum absolute atomic E-state index is 0.0381. The molecule has 0 radical (unpaired) electrons. The van der Waals surface area contributed by atoms with Crippen molar-refractivity contribution in [3.05, 3.63) is 40.5 Å².